The van der Waals surface area contributed by atoms with Crippen molar-refractivity contribution in [1.82, 2.24) is 0 Å². The summed E-state index contributed by atoms with van der Waals surface area (Å²) >= 11 is 0. The summed E-state index contributed by atoms with van der Waals surface area (Å²) in [5, 5.41) is 0. The van der Waals surface area contributed by atoms with E-state index in [-0.39, 0.29) is 5.60 Å². The summed E-state index contributed by atoms with van der Waals surface area (Å²) in [6, 6.07) is 0. The average molecular weight is 325 g/mol. The molecule has 0 bridgehead atoms. The normalized spacial score (nSPS) is 25.0. The van der Waals surface area contributed by atoms with Gasteiger partial charge in [0.05, 0.1) is 11.7 Å². The Morgan fingerprint density at radius 2 is 1.39 bits per heavy atom. The van der Waals surface area contributed by atoms with Gasteiger partial charge >= 0.3 is 0 Å². The van der Waals surface area contributed by atoms with Crippen molar-refractivity contribution in [2.24, 2.45) is 5.92 Å². The van der Waals surface area contributed by atoms with Crippen LogP contribution in [0.1, 0.15) is 110 Å². The highest BCUT2D eigenvalue weighted by atomic mass is 16.7. The van der Waals surface area contributed by atoms with Crippen LogP contribution in [0.3, 0.4) is 0 Å². The van der Waals surface area contributed by atoms with Crippen molar-refractivity contribution in [3.63, 3.8) is 0 Å². The second-order valence-electron chi connectivity index (χ2n) is 7.93. The van der Waals surface area contributed by atoms with E-state index < -0.39 is 0 Å². The number of unbranched alkanes of at least 4 members (excludes halogenated alkanes) is 6. The van der Waals surface area contributed by atoms with Gasteiger partial charge in [0.1, 0.15) is 6.79 Å². The number of rotatable bonds is 11. The molecule has 1 heterocycles. The Kier molecular flexibility index (Phi) is 8.97. The number of hydrogen-bond donors (Lipinski definition) is 0. The lowest BCUT2D eigenvalue weighted by atomic mass is 9.74. The van der Waals surface area contributed by atoms with Gasteiger partial charge in [-0.3, -0.25) is 0 Å². The van der Waals surface area contributed by atoms with Gasteiger partial charge in [0, 0.05) is 0 Å². The predicted octanol–water partition coefficient (Wildman–Crippen LogP) is 6.62. The molecular weight excluding hydrogens is 284 g/mol. The molecule has 2 rings (SSSR count). The zero-order chi connectivity index (χ0) is 16.4. The first-order chi connectivity index (χ1) is 11.3. The summed E-state index contributed by atoms with van der Waals surface area (Å²) in [5.74, 6) is 0.753. The van der Waals surface area contributed by atoms with E-state index in [0.29, 0.717) is 12.9 Å². The predicted molar refractivity (Wildman–Crippen MR) is 97.6 cm³/mol. The van der Waals surface area contributed by atoms with Gasteiger partial charge in [-0.2, -0.15) is 0 Å². The van der Waals surface area contributed by atoms with Crippen molar-refractivity contribution in [2.75, 3.05) is 6.79 Å². The van der Waals surface area contributed by atoms with E-state index in [1.807, 2.05) is 0 Å². The third-order valence-corrected chi connectivity index (χ3v) is 6.10. The van der Waals surface area contributed by atoms with Crippen LogP contribution in [-0.2, 0) is 9.47 Å². The van der Waals surface area contributed by atoms with Crippen LogP contribution in [-0.4, -0.2) is 18.5 Å². The molecule has 0 aromatic carbocycles. The first-order valence-electron chi connectivity index (χ1n) is 10.6. The zero-order valence-electron chi connectivity index (χ0n) is 15.8. The van der Waals surface area contributed by atoms with Gasteiger partial charge in [0.25, 0.3) is 0 Å². The fraction of sp³-hybridized carbons (Fsp3) is 1.00. The quantitative estimate of drug-likeness (QED) is 0.398. The van der Waals surface area contributed by atoms with E-state index in [1.54, 1.807) is 0 Å². The summed E-state index contributed by atoms with van der Waals surface area (Å²) in [6.07, 6.45) is 20.4. The van der Waals surface area contributed by atoms with Crippen LogP contribution in [0.15, 0.2) is 0 Å². The second-order valence-corrected chi connectivity index (χ2v) is 7.93. The maximum Gasteiger partial charge on any atom is 0.148 e. The van der Waals surface area contributed by atoms with Crippen molar-refractivity contribution in [1.29, 1.82) is 0 Å². The lowest BCUT2D eigenvalue weighted by molar-refractivity contribution is -0.0352. The minimum atomic E-state index is 0.0451. The Bertz CT molecular complexity index is 284. The minimum absolute atomic E-state index is 0.0451. The third kappa shape index (κ3) is 5.74. The van der Waals surface area contributed by atoms with Crippen molar-refractivity contribution in [2.45, 2.75) is 122 Å². The van der Waals surface area contributed by atoms with Gasteiger partial charge in [0.2, 0.25) is 0 Å². The summed E-state index contributed by atoms with van der Waals surface area (Å²) in [7, 11) is 0. The van der Waals surface area contributed by atoms with Crippen molar-refractivity contribution in [3.8, 4) is 0 Å². The summed E-state index contributed by atoms with van der Waals surface area (Å²) in [6.45, 7) is 5.13. The molecule has 0 aromatic rings. The van der Waals surface area contributed by atoms with Crippen LogP contribution < -0.4 is 0 Å². The maximum atomic E-state index is 6.34. The molecule has 0 radical (unpaired) electrons. The molecule has 1 saturated heterocycles. The Hall–Kier alpha value is -0.0800. The van der Waals surface area contributed by atoms with Gasteiger partial charge < -0.3 is 9.47 Å². The van der Waals surface area contributed by atoms with Crippen molar-refractivity contribution < 1.29 is 9.47 Å². The van der Waals surface area contributed by atoms with E-state index in [0.717, 1.165) is 5.92 Å². The molecule has 2 aliphatic rings. The first kappa shape index (κ1) is 19.2. The van der Waals surface area contributed by atoms with E-state index in [4.69, 9.17) is 9.47 Å². The first-order valence-corrected chi connectivity index (χ1v) is 10.6. The fourth-order valence-corrected chi connectivity index (χ4v) is 4.72. The van der Waals surface area contributed by atoms with Crippen LogP contribution in [0.25, 0.3) is 0 Å². The molecule has 0 aromatic heterocycles. The lowest BCUT2D eigenvalue weighted by Gasteiger charge is -2.39. The summed E-state index contributed by atoms with van der Waals surface area (Å²) in [4.78, 5) is 0. The van der Waals surface area contributed by atoms with Crippen LogP contribution in [0.2, 0.25) is 0 Å². The molecular formula is C21H40O2. The molecule has 1 unspecified atom stereocenters. The fourth-order valence-electron chi connectivity index (χ4n) is 4.72. The topological polar surface area (TPSA) is 18.5 Å². The molecule has 1 aliphatic carbocycles. The minimum Gasteiger partial charge on any atom is -0.349 e. The van der Waals surface area contributed by atoms with Crippen LogP contribution in [0.4, 0.5) is 0 Å². The third-order valence-electron chi connectivity index (χ3n) is 6.10. The number of ether oxygens (including phenoxy) is 2. The second kappa shape index (κ2) is 10.7. The van der Waals surface area contributed by atoms with Gasteiger partial charge in [-0.25, -0.2) is 0 Å². The Morgan fingerprint density at radius 1 is 0.783 bits per heavy atom. The van der Waals surface area contributed by atoms with Crippen LogP contribution >= 0.6 is 0 Å². The Morgan fingerprint density at radius 3 is 1.96 bits per heavy atom. The highest BCUT2D eigenvalue weighted by Gasteiger charge is 2.48. The summed E-state index contributed by atoms with van der Waals surface area (Å²) < 4.78 is 12.5. The molecule has 0 spiro atoms. The summed E-state index contributed by atoms with van der Waals surface area (Å²) in [5.41, 5.74) is 0.0451. The molecule has 1 atom stereocenters. The smallest absolute Gasteiger partial charge is 0.148 e. The molecule has 0 N–H and O–H groups in total. The molecule has 1 aliphatic heterocycles. The molecule has 23 heavy (non-hydrogen) atoms. The van der Waals surface area contributed by atoms with E-state index >= 15 is 0 Å². The standard InChI is InChI=1S/C21H40O2/c1-3-5-7-12-16-21(17-13-8-6-4-2)20(22-18-23-21)19-14-10-9-11-15-19/h19-20H,3-18H2,1-2H3. The van der Waals surface area contributed by atoms with Crippen LogP contribution in [0, 0.1) is 5.92 Å². The Balaban J connectivity index is 1.94. The van der Waals surface area contributed by atoms with Gasteiger partial charge in [-0.05, 0) is 31.6 Å². The largest absolute Gasteiger partial charge is 0.349 e. The highest BCUT2D eigenvalue weighted by Crippen LogP contribution is 2.43. The zero-order valence-corrected chi connectivity index (χ0v) is 15.8. The van der Waals surface area contributed by atoms with Crippen molar-refractivity contribution in [3.05, 3.63) is 0 Å². The van der Waals surface area contributed by atoms with Gasteiger partial charge in [-0.15, -0.1) is 0 Å². The molecule has 2 heteroatoms. The monoisotopic (exact) mass is 324 g/mol. The number of hydrogen-bond acceptors (Lipinski definition) is 2. The highest BCUT2D eigenvalue weighted by molar-refractivity contribution is 4.96. The lowest BCUT2D eigenvalue weighted by Crippen LogP contribution is -2.45. The molecule has 1 saturated carbocycles. The van der Waals surface area contributed by atoms with E-state index in [1.165, 1.54) is 96.3 Å². The van der Waals surface area contributed by atoms with E-state index in [9.17, 15) is 0 Å². The molecule has 0 amide bonds. The Labute approximate surface area is 144 Å². The molecule has 136 valence electrons. The molecule has 2 fully saturated rings. The average Bonchev–Trinajstić information content (AvgIpc) is 3.01. The maximum absolute atomic E-state index is 6.34. The molecule has 2 nitrogen and oxygen atoms in total. The SMILES string of the molecule is CCCCCCC1(CCCCCC)OCOC1C1CCCCC1. The van der Waals surface area contributed by atoms with Crippen LogP contribution in [0.5, 0.6) is 0 Å². The van der Waals surface area contributed by atoms with Crippen molar-refractivity contribution >= 4 is 0 Å². The van der Waals surface area contributed by atoms with Gasteiger partial charge in [-0.1, -0.05) is 84.5 Å². The van der Waals surface area contributed by atoms with E-state index in [2.05, 4.69) is 13.8 Å². The van der Waals surface area contributed by atoms with Gasteiger partial charge in [0.15, 0.2) is 0 Å².